The third-order valence-corrected chi connectivity index (χ3v) is 4.11. The first-order valence-corrected chi connectivity index (χ1v) is 8.39. The van der Waals surface area contributed by atoms with Crippen LogP contribution in [0.4, 0.5) is 17.6 Å². The van der Waals surface area contributed by atoms with Crippen LogP contribution >= 0.6 is 0 Å². The molecule has 0 spiro atoms. The van der Waals surface area contributed by atoms with Gasteiger partial charge >= 0.3 is 21.6 Å². The molecule has 2 rings (SSSR count). The second-order valence-corrected chi connectivity index (χ2v) is 6.44. The molecule has 0 atom stereocenters. The zero-order chi connectivity index (χ0) is 21.3. The summed E-state index contributed by atoms with van der Waals surface area (Å²) in [6.07, 6.45) is 0. The lowest BCUT2D eigenvalue weighted by Crippen LogP contribution is -2.31. The van der Waals surface area contributed by atoms with Crippen molar-refractivity contribution < 1.29 is 44.4 Å². The summed E-state index contributed by atoms with van der Waals surface area (Å²) in [5.41, 5.74) is -8.73. The first-order valence-electron chi connectivity index (χ1n) is 6.98. The molecule has 0 amide bonds. The summed E-state index contributed by atoms with van der Waals surface area (Å²) in [4.78, 5) is 23.9. The number of ether oxygens (including phenoxy) is 2. The molecule has 0 aliphatic rings. The van der Waals surface area contributed by atoms with Crippen molar-refractivity contribution in [1.29, 1.82) is 0 Å². The first kappa shape index (κ1) is 21.1. The maximum Gasteiger partial charge on any atom is 0.534 e. The Hall–Kier alpha value is -3.16. The lowest BCUT2D eigenvalue weighted by molar-refractivity contribution is -0.0500. The molecule has 0 N–H and O–H groups in total. The lowest BCUT2D eigenvalue weighted by atomic mass is 10.3. The van der Waals surface area contributed by atoms with Crippen LogP contribution in [-0.4, -0.2) is 43.9 Å². The van der Waals surface area contributed by atoms with E-state index in [9.17, 15) is 35.6 Å². The van der Waals surface area contributed by atoms with E-state index in [2.05, 4.69) is 14.0 Å². The predicted octanol–water partition coefficient (Wildman–Crippen LogP) is 1.40. The number of nitrogens with zero attached hydrogens (tertiary/aromatic N) is 2. The maximum absolute atomic E-state index is 14.2. The van der Waals surface area contributed by atoms with Crippen LogP contribution in [-0.2, 0) is 14.9 Å². The molecule has 2 aromatic rings. The number of benzene rings is 1. The van der Waals surface area contributed by atoms with Crippen LogP contribution in [0.15, 0.2) is 29.1 Å². The van der Waals surface area contributed by atoms with E-state index in [1.807, 2.05) is 0 Å². The summed E-state index contributed by atoms with van der Waals surface area (Å²) in [6.45, 7) is 0. The molecular weight excluding hydrogens is 416 g/mol. The molecule has 28 heavy (non-hydrogen) atoms. The van der Waals surface area contributed by atoms with Gasteiger partial charge in [0.05, 0.1) is 20.3 Å². The summed E-state index contributed by atoms with van der Waals surface area (Å²) in [5.74, 6) is -3.71. The Morgan fingerprint density at radius 3 is 2.32 bits per heavy atom. The van der Waals surface area contributed by atoms with Gasteiger partial charge in [-0.15, -0.1) is 0 Å². The summed E-state index contributed by atoms with van der Waals surface area (Å²) in [7, 11) is -4.15. The number of carbonyl (C=O) groups excluding carboxylic acids is 1. The van der Waals surface area contributed by atoms with Gasteiger partial charge in [0, 0.05) is 6.07 Å². The normalized spacial score (nSPS) is 11.8. The maximum atomic E-state index is 14.2. The van der Waals surface area contributed by atoms with Gasteiger partial charge in [0.1, 0.15) is 11.4 Å². The third-order valence-electron chi connectivity index (χ3n) is 3.14. The van der Waals surface area contributed by atoms with Crippen LogP contribution in [0, 0.1) is 5.82 Å². The lowest BCUT2D eigenvalue weighted by Gasteiger charge is -2.13. The molecule has 0 fully saturated rings. The summed E-state index contributed by atoms with van der Waals surface area (Å²) >= 11 is 0. The number of carbonyl (C=O) groups is 1. The Morgan fingerprint density at radius 2 is 1.82 bits per heavy atom. The number of aromatic nitrogens is 2. The molecule has 1 aromatic carbocycles. The zero-order valence-electron chi connectivity index (χ0n) is 14.0. The number of alkyl halides is 3. The number of esters is 1. The van der Waals surface area contributed by atoms with Crippen molar-refractivity contribution in [2.45, 2.75) is 5.51 Å². The molecule has 0 unspecified atom stereocenters. The predicted molar refractivity (Wildman–Crippen MR) is 83.3 cm³/mol. The number of halogens is 4. The van der Waals surface area contributed by atoms with Crippen LogP contribution in [0.1, 0.15) is 10.5 Å². The summed E-state index contributed by atoms with van der Waals surface area (Å²) in [6, 6.07) is 3.38. The second-order valence-electron chi connectivity index (χ2n) is 4.90. The highest BCUT2D eigenvalue weighted by molar-refractivity contribution is 7.88. The molecule has 0 saturated heterocycles. The number of hydrogen-bond acceptors (Lipinski definition) is 8. The Bertz CT molecular complexity index is 1080. The summed E-state index contributed by atoms with van der Waals surface area (Å²) < 4.78 is 87.2. The molecule has 1 heterocycles. The molecule has 9 nitrogen and oxygen atoms in total. The van der Waals surface area contributed by atoms with Gasteiger partial charge < -0.3 is 13.7 Å². The van der Waals surface area contributed by atoms with Crippen molar-refractivity contribution in [3.63, 3.8) is 0 Å². The highest BCUT2D eigenvalue weighted by atomic mass is 32.2. The van der Waals surface area contributed by atoms with Gasteiger partial charge in [-0.1, -0.05) is 0 Å². The smallest absolute Gasteiger partial charge is 0.497 e. The second kappa shape index (κ2) is 7.46. The van der Waals surface area contributed by atoms with E-state index in [1.165, 1.54) is 13.2 Å². The number of rotatable bonds is 5. The largest absolute Gasteiger partial charge is 0.534 e. The molecule has 14 heteroatoms. The zero-order valence-corrected chi connectivity index (χ0v) is 14.8. The average Bonchev–Trinajstić information content (AvgIpc) is 2.60. The Labute approximate surface area is 154 Å². The van der Waals surface area contributed by atoms with E-state index in [0.717, 1.165) is 19.2 Å². The van der Waals surface area contributed by atoms with Gasteiger partial charge in [0.2, 0.25) is 5.69 Å². The molecule has 152 valence electrons. The van der Waals surface area contributed by atoms with Crippen molar-refractivity contribution in [1.82, 2.24) is 9.78 Å². The van der Waals surface area contributed by atoms with Crippen molar-refractivity contribution in [3.8, 4) is 17.2 Å². The van der Waals surface area contributed by atoms with Crippen LogP contribution in [0.2, 0.25) is 0 Å². The van der Waals surface area contributed by atoms with Crippen molar-refractivity contribution in [2.75, 3.05) is 14.2 Å². The molecule has 0 radical (unpaired) electrons. The molecule has 0 bridgehead atoms. The fourth-order valence-electron chi connectivity index (χ4n) is 1.87. The van der Waals surface area contributed by atoms with E-state index in [1.54, 1.807) is 0 Å². The molecule has 0 saturated carbocycles. The SMILES string of the molecule is COC(=O)c1nn(-c2ccc(OC)cc2F)c(=O)cc1OS(=O)(=O)C(F)(F)F. The molecular formula is C14H10F4N2O7S. The quantitative estimate of drug-likeness (QED) is 0.305. The molecule has 0 aliphatic heterocycles. The van der Waals surface area contributed by atoms with E-state index in [4.69, 9.17) is 4.74 Å². The van der Waals surface area contributed by atoms with Crippen LogP contribution in [0.3, 0.4) is 0 Å². The number of hydrogen-bond donors (Lipinski definition) is 0. The monoisotopic (exact) mass is 426 g/mol. The Morgan fingerprint density at radius 1 is 1.18 bits per heavy atom. The standard InChI is InChI=1S/C14H10F4N2O7S/c1-25-7-3-4-9(8(15)5-7)20-11(21)6-10(12(19-20)13(22)26-2)27-28(23,24)14(16,17)18/h3-6H,1-2H3. The van der Waals surface area contributed by atoms with Gasteiger partial charge in [0.15, 0.2) is 11.6 Å². The molecule has 0 aliphatic carbocycles. The molecule has 1 aromatic heterocycles. The van der Waals surface area contributed by atoms with Crippen molar-refractivity contribution in [3.05, 3.63) is 46.1 Å². The highest BCUT2D eigenvalue weighted by Crippen LogP contribution is 2.28. The topological polar surface area (TPSA) is 114 Å². The van der Waals surface area contributed by atoms with Crippen molar-refractivity contribution >= 4 is 16.1 Å². The fourth-order valence-corrected chi connectivity index (χ4v) is 2.32. The van der Waals surface area contributed by atoms with Crippen LogP contribution < -0.4 is 14.5 Å². The average molecular weight is 426 g/mol. The minimum absolute atomic E-state index is 0.0821. The first-order chi connectivity index (χ1) is 12.9. The van der Waals surface area contributed by atoms with Crippen molar-refractivity contribution in [2.24, 2.45) is 0 Å². The third kappa shape index (κ3) is 4.05. The highest BCUT2D eigenvalue weighted by Gasteiger charge is 2.49. The van der Waals surface area contributed by atoms with Gasteiger partial charge in [-0.2, -0.15) is 31.4 Å². The van der Waals surface area contributed by atoms with E-state index in [0.29, 0.717) is 4.68 Å². The van der Waals surface area contributed by atoms with Crippen LogP contribution in [0.5, 0.6) is 11.5 Å². The summed E-state index contributed by atoms with van der Waals surface area (Å²) in [5, 5.41) is 3.39. The minimum atomic E-state index is -6.21. The van der Waals surface area contributed by atoms with Gasteiger partial charge in [-0.05, 0) is 12.1 Å². The van der Waals surface area contributed by atoms with Crippen LogP contribution in [0.25, 0.3) is 5.69 Å². The fraction of sp³-hybridized carbons (Fsp3) is 0.214. The number of methoxy groups -OCH3 is 2. The van der Waals surface area contributed by atoms with E-state index < -0.39 is 50.1 Å². The van der Waals surface area contributed by atoms with Gasteiger partial charge in [-0.25, -0.2) is 9.18 Å². The van der Waals surface area contributed by atoms with E-state index >= 15 is 0 Å². The van der Waals surface area contributed by atoms with Gasteiger partial charge in [-0.3, -0.25) is 4.79 Å². The Kier molecular flexibility index (Phi) is 5.63. The Balaban J connectivity index is 2.68. The minimum Gasteiger partial charge on any atom is -0.497 e. The van der Waals surface area contributed by atoms with Gasteiger partial charge in [0.25, 0.3) is 5.56 Å². The van der Waals surface area contributed by atoms with E-state index in [-0.39, 0.29) is 11.8 Å².